The maximum atomic E-state index is 10.7. The molecule has 1 saturated heterocycles. The molecule has 0 bridgehead atoms. The molecular formula is C18H33N3O. The van der Waals surface area contributed by atoms with Crippen LogP contribution >= 0.6 is 0 Å². The molecule has 2 atom stereocenters. The number of rotatable bonds is 3. The molecule has 0 aromatic rings. The van der Waals surface area contributed by atoms with E-state index in [0.717, 1.165) is 63.1 Å². The van der Waals surface area contributed by atoms with Gasteiger partial charge >= 0.3 is 0 Å². The van der Waals surface area contributed by atoms with E-state index in [9.17, 15) is 5.11 Å². The number of fused-ring (bicyclic) bond motifs is 1. The number of hydrogen-bond acceptors (Lipinski definition) is 2. The number of aliphatic hydroxyl groups is 1. The summed E-state index contributed by atoms with van der Waals surface area (Å²) in [5, 5.41) is 14.1. The summed E-state index contributed by atoms with van der Waals surface area (Å²) in [5.74, 6) is 2.78. The molecule has 1 aliphatic heterocycles. The van der Waals surface area contributed by atoms with Crippen LogP contribution in [-0.4, -0.2) is 47.7 Å². The number of guanidine groups is 1. The monoisotopic (exact) mass is 307 g/mol. The number of nitrogens with one attached hydrogen (secondary N) is 1. The summed E-state index contributed by atoms with van der Waals surface area (Å²) in [6.07, 6.45) is 11.0. The highest BCUT2D eigenvalue weighted by atomic mass is 16.3. The summed E-state index contributed by atoms with van der Waals surface area (Å²) in [5.41, 5.74) is -0.550. The van der Waals surface area contributed by atoms with Crippen molar-refractivity contribution < 1.29 is 5.11 Å². The number of nitrogens with zero attached hydrogens (tertiary/aromatic N) is 2. The van der Waals surface area contributed by atoms with Crippen molar-refractivity contribution in [2.24, 2.45) is 16.8 Å². The van der Waals surface area contributed by atoms with Crippen molar-refractivity contribution in [3.8, 4) is 0 Å². The van der Waals surface area contributed by atoms with Crippen LogP contribution in [0, 0.1) is 11.8 Å². The van der Waals surface area contributed by atoms with Crippen molar-refractivity contribution in [2.45, 2.75) is 70.3 Å². The maximum Gasteiger partial charge on any atom is 0.194 e. The minimum atomic E-state index is -0.550. The highest BCUT2D eigenvalue weighted by Crippen LogP contribution is 2.36. The van der Waals surface area contributed by atoms with Crippen molar-refractivity contribution in [3.63, 3.8) is 0 Å². The van der Waals surface area contributed by atoms with Crippen LogP contribution in [0.3, 0.4) is 0 Å². The van der Waals surface area contributed by atoms with Gasteiger partial charge in [0.1, 0.15) is 0 Å². The van der Waals surface area contributed by atoms with E-state index >= 15 is 0 Å². The van der Waals surface area contributed by atoms with Crippen LogP contribution in [0.4, 0.5) is 0 Å². The fourth-order valence-corrected chi connectivity index (χ4v) is 4.59. The lowest BCUT2D eigenvalue weighted by Gasteiger charge is -2.31. The van der Waals surface area contributed by atoms with Crippen molar-refractivity contribution in [1.29, 1.82) is 0 Å². The second-order valence-corrected chi connectivity index (χ2v) is 7.66. The Kier molecular flexibility index (Phi) is 5.27. The van der Waals surface area contributed by atoms with Gasteiger partial charge in [-0.2, -0.15) is 0 Å². The van der Waals surface area contributed by atoms with Gasteiger partial charge in [-0.05, 0) is 44.4 Å². The Hall–Kier alpha value is -0.770. The average molecular weight is 307 g/mol. The smallest absolute Gasteiger partial charge is 0.194 e. The van der Waals surface area contributed by atoms with E-state index in [1.54, 1.807) is 0 Å². The molecular weight excluding hydrogens is 274 g/mol. The van der Waals surface area contributed by atoms with Crippen LogP contribution in [0.15, 0.2) is 4.99 Å². The summed E-state index contributed by atoms with van der Waals surface area (Å²) >= 11 is 0. The summed E-state index contributed by atoms with van der Waals surface area (Å²) < 4.78 is 0. The Morgan fingerprint density at radius 2 is 1.73 bits per heavy atom. The van der Waals surface area contributed by atoms with E-state index < -0.39 is 5.60 Å². The van der Waals surface area contributed by atoms with Gasteiger partial charge in [-0.1, -0.05) is 32.1 Å². The van der Waals surface area contributed by atoms with Gasteiger partial charge in [0.2, 0.25) is 0 Å². The van der Waals surface area contributed by atoms with E-state index in [2.05, 4.69) is 17.1 Å². The fraction of sp³-hybridized carbons (Fsp3) is 0.944. The molecule has 0 aromatic heterocycles. The van der Waals surface area contributed by atoms with E-state index in [-0.39, 0.29) is 0 Å². The molecule has 0 radical (unpaired) electrons. The summed E-state index contributed by atoms with van der Waals surface area (Å²) in [4.78, 5) is 7.28. The summed E-state index contributed by atoms with van der Waals surface area (Å²) in [6.45, 7) is 5.93. The Labute approximate surface area is 135 Å². The van der Waals surface area contributed by atoms with Crippen LogP contribution in [-0.2, 0) is 0 Å². The molecule has 4 heteroatoms. The van der Waals surface area contributed by atoms with Gasteiger partial charge in [0.15, 0.2) is 5.96 Å². The highest BCUT2D eigenvalue weighted by Gasteiger charge is 2.36. The lowest BCUT2D eigenvalue weighted by atomic mass is 9.82. The lowest BCUT2D eigenvalue weighted by Crippen LogP contribution is -2.42. The van der Waals surface area contributed by atoms with E-state index in [4.69, 9.17) is 4.99 Å². The second-order valence-electron chi connectivity index (χ2n) is 7.66. The summed E-state index contributed by atoms with van der Waals surface area (Å²) in [7, 11) is 0. The minimum Gasteiger partial charge on any atom is -0.388 e. The molecule has 3 fully saturated rings. The molecule has 1 heterocycles. The number of aliphatic imine (C=N–C) groups is 1. The van der Waals surface area contributed by atoms with Gasteiger partial charge in [0, 0.05) is 19.6 Å². The number of hydrogen-bond donors (Lipinski definition) is 2. The molecule has 0 spiro atoms. The predicted octanol–water partition coefficient (Wildman–Crippen LogP) is 2.77. The van der Waals surface area contributed by atoms with Crippen LogP contribution in [0.1, 0.15) is 64.7 Å². The van der Waals surface area contributed by atoms with Crippen molar-refractivity contribution in [3.05, 3.63) is 0 Å². The first-order chi connectivity index (χ1) is 10.7. The van der Waals surface area contributed by atoms with Crippen LogP contribution in [0.2, 0.25) is 0 Å². The minimum absolute atomic E-state index is 0.550. The second kappa shape index (κ2) is 7.20. The Morgan fingerprint density at radius 1 is 1.09 bits per heavy atom. The molecule has 2 N–H and O–H groups in total. The molecule has 0 aromatic carbocycles. The van der Waals surface area contributed by atoms with Gasteiger partial charge in [0.25, 0.3) is 0 Å². The SMILES string of the molecule is CCNC(=NCC1(O)CCCCC1)N1CC2CCCCC2C1. The largest absolute Gasteiger partial charge is 0.388 e. The molecule has 0 amide bonds. The topological polar surface area (TPSA) is 47.9 Å². The standard InChI is InChI=1S/C18H33N3O/c1-2-19-17(20-14-18(22)10-6-3-7-11-18)21-12-15-8-4-5-9-16(15)13-21/h15-16,22H,2-14H2,1H3,(H,19,20). The van der Waals surface area contributed by atoms with Crippen molar-refractivity contribution in [2.75, 3.05) is 26.2 Å². The van der Waals surface area contributed by atoms with Crippen molar-refractivity contribution >= 4 is 5.96 Å². The van der Waals surface area contributed by atoms with E-state index in [0.29, 0.717) is 6.54 Å². The van der Waals surface area contributed by atoms with Gasteiger partial charge in [0.05, 0.1) is 12.1 Å². The van der Waals surface area contributed by atoms with E-state index in [1.165, 1.54) is 32.1 Å². The molecule has 126 valence electrons. The third-order valence-corrected chi connectivity index (χ3v) is 5.92. The van der Waals surface area contributed by atoms with E-state index in [1.807, 2.05) is 0 Å². The molecule has 2 saturated carbocycles. The molecule has 3 rings (SSSR count). The Balaban J connectivity index is 1.63. The lowest BCUT2D eigenvalue weighted by molar-refractivity contribution is 0.0130. The quantitative estimate of drug-likeness (QED) is 0.622. The first-order valence-electron chi connectivity index (χ1n) is 9.46. The predicted molar refractivity (Wildman–Crippen MR) is 91.0 cm³/mol. The average Bonchev–Trinajstić information content (AvgIpc) is 2.96. The molecule has 2 aliphatic carbocycles. The maximum absolute atomic E-state index is 10.7. The zero-order valence-electron chi connectivity index (χ0n) is 14.2. The molecule has 3 aliphatic rings. The van der Waals surface area contributed by atoms with Crippen LogP contribution in [0.5, 0.6) is 0 Å². The Morgan fingerprint density at radius 3 is 2.32 bits per heavy atom. The number of likely N-dealkylation sites (tertiary alicyclic amines) is 1. The van der Waals surface area contributed by atoms with Crippen LogP contribution in [0.25, 0.3) is 0 Å². The summed E-state index contributed by atoms with van der Waals surface area (Å²) in [6, 6.07) is 0. The fourth-order valence-electron chi connectivity index (χ4n) is 4.59. The van der Waals surface area contributed by atoms with Gasteiger partial charge in [-0.25, -0.2) is 0 Å². The van der Waals surface area contributed by atoms with Gasteiger partial charge in [-0.15, -0.1) is 0 Å². The first-order valence-corrected chi connectivity index (χ1v) is 9.46. The molecule has 22 heavy (non-hydrogen) atoms. The highest BCUT2D eigenvalue weighted by molar-refractivity contribution is 5.80. The van der Waals surface area contributed by atoms with Crippen LogP contribution < -0.4 is 5.32 Å². The van der Waals surface area contributed by atoms with Gasteiger partial charge < -0.3 is 15.3 Å². The zero-order valence-corrected chi connectivity index (χ0v) is 14.2. The molecule has 4 nitrogen and oxygen atoms in total. The third kappa shape index (κ3) is 3.76. The third-order valence-electron chi connectivity index (χ3n) is 5.92. The van der Waals surface area contributed by atoms with Crippen molar-refractivity contribution in [1.82, 2.24) is 10.2 Å². The Bertz CT molecular complexity index is 376. The normalized spacial score (nSPS) is 31.9. The zero-order chi connectivity index (χ0) is 15.4. The molecule has 2 unspecified atom stereocenters. The first kappa shape index (κ1) is 16.1. The van der Waals surface area contributed by atoms with Gasteiger partial charge in [-0.3, -0.25) is 4.99 Å².